The monoisotopic (exact) mass is 285 g/mol. The highest BCUT2D eigenvalue weighted by Crippen LogP contribution is 2.58. The lowest BCUT2D eigenvalue weighted by Gasteiger charge is -2.35. The van der Waals surface area contributed by atoms with Crippen LogP contribution in [0, 0.1) is 17.3 Å². The van der Waals surface area contributed by atoms with Crippen molar-refractivity contribution in [3.63, 3.8) is 0 Å². The molecule has 15 heavy (non-hydrogen) atoms. The molecule has 1 nitrogen and oxygen atoms in total. The van der Waals surface area contributed by atoms with Gasteiger partial charge >= 0.3 is 0 Å². The third kappa shape index (κ3) is 1.68. The van der Waals surface area contributed by atoms with Crippen LogP contribution in [-0.4, -0.2) is 10.3 Å². The zero-order chi connectivity index (χ0) is 10.3. The zero-order valence-corrected chi connectivity index (χ0v) is 11.2. The molecule has 0 aliphatic heterocycles. The number of halogens is 1. The van der Waals surface area contributed by atoms with Crippen LogP contribution in [0.3, 0.4) is 0 Å². The molecule has 2 saturated carbocycles. The normalized spacial score (nSPS) is 38.7. The number of aromatic nitrogens is 1. The van der Waals surface area contributed by atoms with Gasteiger partial charge in [0.15, 0.2) is 0 Å². The van der Waals surface area contributed by atoms with Crippen molar-refractivity contribution < 1.29 is 0 Å². The van der Waals surface area contributed by atoms with Crippen molar-refractivity contribution in [2.45, 2.75) is 32.1 Å². The summed E-state index contributed by atoms with van der Waals surface area (Å²) in [7, 11) is 0. The molecule has 0 amide bonds. The first-order valence-corrected chi connectivity index (χ1v) is 7.77. The summed E-state index contributed by atoms with van der Waals surface area (Å²) in [5.41, 5.74) is 0.542. The second-order valence-corrected chi connectivity index (χ2v) is 6.72. The van der Waals surface area contributed by atoms with Crippen LogP contribution in [0.4, 0.5) is 0 Å². The summed E-state index contributed by atoms with van der Waals surface area (Å²) < 4.78 is 0. The van der Waals surface area contributed by atoms with E-state index in [4.69, 9.17) is 0 Å². The molecule has 0 saturated heterocycles. The summed E-state index contributed by atoms with van der Waals surface area (Å²) in [5, 5.41) is 4.60. The number of nitrogens with zero attached hydrogens (tertiary/aromatic N) is 1. The van der Waals surface area contributed by atoms with Crippen molar-refractivity contribution >= 4 is 27.3 Å². The van der Waals surface area contributed by atoms with Gasteiger partial charge in [-0.05, 0) is 36.5 Å². The van der Waals surface area contributed by atoms with Crippen LogP contribution in [0.1, 0.15) is 30.7 Å². The van der Waals surface area contributed by atoms with Gasteiger partial charge in [-0.1, -0.05) is 22.4 Å². The highest BCUT2D eigenvalue weighted by Gasteiger charge is 2.50. The van der Waals surface area contributed by atoms with Gasteiger partial charge in [0.25, 0.3) is 0 Å². The Kier molecular flexibility index (Phi) is 2.63. The number of hydrogen-bond donors (Lipinski definition) is 0. The lowest BCUT2D eigenvalue weighted by atomic mass is 9.72. The summed E-state index contributed by atoms with van der Waals surface area (Å²) in [6.45, 7) is 0. The smallest absolute Gasteiger partial charge is 0.0930 e. The van der Waals surface area contributed by atoms with E-state index >= 15 is 0 Å². The average molecular weight is 286 g/mol. The standard InChI is InChI=1S/C12H16BrNS/c13-8-12(7-11-14-3-4-15-11)6-9-1-2-10(12)5-9/h3-4,9-10H,1-2,5-8H2. The first-order valence-electron chi connectivity index (χ1n) is 5.77. The van der Waals surface area contributed by atoms with E-state index in [0.717, 1.165) is 11.8 Å². The molecule has 2 fully saturated rings. The fourth-order valence-corrected chi connectivity index (χ4v) is 5.28. The molecule has 2 aliphatic carbocycles. The molecule has 2 bridgehead atoms. The highest BCUT2D eigenvalue weighted by atomic mass is 79.9. The Balaban J connectivity index is 1.82. The van der Waals surface area contributed by atoms with E-state index < -0.39 is 0 Å². The van der Waals surface area contributed by atoms with Crippen molar-refractivity contribution in [2.75, 3.05) is 5.33 Å². The molecule has 3 rings (SSSR count). The van der Waals surface area contributed by atoms with Gasteiger partial charge in [0.05, 0.1) is 5.01 Å². The summed E-state index contributed by atoms with van der Waals surface area (Å²) in [6.07, 6.45) is 9.00. The number of thiazole rings is 1. The lowest BCUT2D eigenvalue weighted by Crippen LogP contribution is -2.31. The van der Waals surface area contributed by atoms with Gasteiger partial charge in [-0.3, -0.25) is 0 Å². The van der Waals surface area contributed by atoms with Gasteiger partial charge in [-0.15, -0.1) is 11.3 Å². The van der Waals surface area contributed by atoms with Crippen LogP contribution in [-0.2, 0) is 6.42 Å². The Morgan fingerprint density at radius 1 is 1.53 bits per heavy atom. The fraction of sp³-hybridized carbons (Fsp3) is 0.750. The van der Waals surface area contributed by atoms with Crippen molar-refractivity contribution in [2.24, 2.45) is 17.3 Å². The predicted molar refractivity (Wildman–Crippen MR) is 67.5 cm³/mol. The quantitative estimate of drug-likeness (QED) is 0.768. The van der Waals surface area contributed by atoms with E-state index in [1.54, 1.807) is 0 Å². The SMILES string of the molecule is BrCC1(Cc2nccs2)CC2CCC1C2. The molecular weight excluding hydrogens is 270 g/mol. The Labute approximate surface area is 103 Å². The minimum absolute atomic E-state index is 0.542. The minimum atomic E-state index is 0.542. The fourth-order valence-electron chi connectivity index (χ4n) is 3.63. The Morgan fingerprint density at radius 3 is 3.00 bits per heavy atom. The maximum absolute atomic E-state index is 4.45. The molecule has 0 radical (unpaired) electrons. The molecule has 1 heterocycles. The molecule has 2 aliphatic rings. The molecule has 82 valence electrons. The van der Waals surface area contributed by atoms with Crippen molar-refractivity contribution in [3.05, 3.63) is 16.6 Å². The molecule has 3 unspecified atom stereocenters. The van der Waals surface area contributed by atoms with Gasteiger partial charge in [-0.25, -0.2) is 4.98 Å². The van der Waals surface area contributed by atoms with E-state index in [0.29, 0.717) is 5.41 Å². The van der Waals surface area contributed by atoms with E-state index in [1.165, 1.54) is 42.4 Å². The van der Waals surface area contributed by atoms with Gasteiger partial charge in [0, 0.05) is 23.3 Å². The Bertz CT molecular complexity index is 337. The molecule has 1 aromatic rings. The number of alkyl halides is 1. The third-order valence-corrected chi connectivity index (χ3v) is 6.25. The van der Waals surface area contributed by atoms with Gasteiger partial charge in [0.2, 0.25) is 0 Å². The molecule has 0 spiro atoms. The third-order valence-electron chi connectivity index (χ3n) is 4.36. The maximum atomic E-state index is 4.45. The largest absolute Gasteiger partial charge is 0.250 e. The molecule has 3 heteroatoms. The van der Waals surface area contributed by atoms with Crippen LogP contribution in [0.15, 0.2) is 11.6 Å². The van der Waals surface area contributed by atoms with Gasteiger partial charge in [-0.2, -0.15) is 0 Å². The average Bonchev–Trinajstić information content (AvgIpc) is 2.93. The second kappa shape index (κ2) is 3.85. The van der Waals surface area contributed by atoms with E-state index in [2.05, 4.69) is 26.3 Å². The van der Waals surface area contributed by atoms with Crippen LogP contribution in [0.5, 0.6) is 0 Å². The number of rotatable bonds is 3. The van der Waals surface area contributed by atoms with Crippen LogP contribution in [0.2, 0.25) is 0 Å². The van der Waals surface area contributed by atoms with E-state index in [1.807, 2.05) is 17.5 Å². The Hall–Kier alpha value is 0.110. The molecule has 3 atom stereocenters. The molecule has 0 aromatic carbocycles. The van der Waals surface area contributed by atoms with Crippen LogP contribution in [0.25, 0.3) is 0 Å². The molecule has 1 aromatic heterocycles. The van der Waals surface area contributed by atoms with Gasteiger partial charge < -0.3 is 0 Å². The van der Waals surface area contributed by atoms with Gasteiger partial charge in [0.1, 0.15) is 0 Å². The summed E-state index contributed by atoms with van der Waals surface area (Å²) in [6, 6.07) is 0. The first-order chi connectivity index (χ1) is 7.32. The van der Waals surface area contributed by atoms with E-state index in [-0.39, 0.29) is 0 Å². The lowest BCUT2D eigenvalue weighted by molar-refractivity contribution is 0.196. The van der Waals surface area contributed by atoms with Crippen LogP contribution < -0.4 is 0 Å². The number of fused-ring (bicyclic) bond motifs is 2. The maximum Gasteiger partial charge on any atom is 0.0930 e. The summed E-state index contributed by atoms with van der Waals surface area (Å²) >= 11 is 5.58. The number of hydrogen-bond acceptors (Lipinski definition) is 2. The highest BCUT2D eigenvalue weighted by molar-refractivity contribution is 9.09. The topological polar surface area (TPSA) is 12.9 Å². The zero-order valence-electron chi connectivity index (χ0n) is 8.79. The summed E-state index contributed by atoms with van der Waals surface area (Å²) in [5.74, 6) is 1.98. The molecule has 0 N–H and O–H groups in total. The predicted octanol–water partition coefficient (Wildman–Crippen LogP) is 3.89. The van der Waals surface area contributed by atoms with E-state index in [9.17, 15) is 0 Å². The molecular formula is C12H16BrNS. The van der Waals surface area contributed by atoms with Crippen molar-refractivity contribution in [1.29, 1.82) is 0 Å². The summed E-state index contributed by atoms with van der Waals surface area (Å²) in [4.78, 5) is 4.45. The van der Waals surface area contributed by atoms with Crippen molar-refractivity contribution in [3.8, 4) is 0 Å². The minimum Gasteiger partial charge on any atom is -0.250 e. The second-order valence-electron chi connectivity index (χ2n) is 5.18. The van der Waals surface area contributed by atoms with Crippen molar-refractivity contribution in [1.82, 2.24) is 4.98 Å². The Morgan fingerprint density at radius 2 is 2.47 bits per heavy atom. The first kappa shape index (κ1) is 10.3. The van der Waals surface area contributed by atoms with Crippen LogP contribution >= 0.6 is 27.3 Å².